The van der Waals surface area contributed by atoms with Gasteiger partial charge in [0.1, 0.15) is 12.2 Å². The molecule has 2 aromatic rings. The quantitative estimate of drug-likeness (QED) is 0.285. The van der Waals surface area contributed by atoms with Gasteiger partial charge in [-0.2, -0.15) is 0 Å². The van der Waals surface area contributed by atoms with Crippen LogP contribution >= 0.6 is 11.3 Å². The van der Waals surface area contributed by atoms with E-state index in [2.05, 4.69) is 50.3 Å². The van der Waals surface area contributed by atoms with Gasteiger partial charge in [-0.25, -0.2) is 0 Å². The summed E-state index contributed by atoms with van der Waals surface area (Å²) in [5.74, 6) is 1.74. The predicted octanol–water partition coefficient (Wildman–Crippen LogP) is 0.689. The molecule has 0 unspecified atom stereocenters. The summed E-state index contributed by atoms with van der Waals surface area (Å²) in [4.78, 5) is 5.87. The van der Waals surface area contributed by atoms with Crippen molar-refractivity contribution in [2.24, 2.45) is 4.99 Å². The molecular formula is C17H28N6O2S. The van der Waals surface area contributed by atoms with E-state index in [0.717, 1.165) is 44.3 Å². The van der Waals surface area contributed by atoms with Crippen LogP contribution in [-0.4, -0.2) is 65.3 Å². The third-order valence-electron chi connectivity index (χ3n) is 3.64. The Bertz CT molecular complexity index is 629. The minimum Gasteiger partial charge on any atom is -0.394 e. The highest BCUT2D eigenvalue weighted by Gasteiger charge is 2.03. The Morgan fingerprint density at radius 2 is 2.23 bits per heavy atom. The molecule has 0 bridgehead atoms. The Hall–Kier alpha value is -1.97. The largest absolute Gasteiger partial charge is 0.394 e. The Morgan fingerprint density at radius 3 is 3.00 bits per heavy atom. The van der Waals surface area contributed by atoms with E-state index in [0.29, 0.717) is 19.8 Å². The molecule has 0 fully saturated rings. The zero-order valence-corrected chi connectivity index (χ0v) is 16.0. The van der Waals surface area contributed by atoms with Crippen LogP contribution in [0.2, 0.25) is 0 Å². The van der Waals surface area contributed by atoms with Crippen LogP contribution in [0.1, 0.15) is 17.6 Å². The number of aliphatic hydroxyl groups is 1. The highest BCUT2D eigenvalue weighted by atomic mass is 32.1. The van der Waals surface area contributed by atoms with Crippen LogP contribution in [-0.2, 0) is 24.1 Å². The van der Waals surface area contributed by atoms with E-state index in [9.17, 15) is 0 Å². The standard InChI is InChI=1S/C17H28N6O2S/c1-2-16-22-21-14-23(16)9-7-19-17(20-8-11-25-12-10-24)18-6-5-15-4-3-13-26-15/h3-4,13-14,24H,2,5-12H2,1H3,(H2,18,19,20). The van der Waals surface area contributed by atoms with Gasteiger partial charge >= 0.3 is 0 Å². The van der Waals surface area contributed by atoms with Crippen LogP contribution in [0.25, 0.3) is 0 Å². The first-order chi connectivity index (χ1) is 12.8. The Morgan fingerprint density at radius 1 is 1.35 bits per heavy atom. The molecule has 0 saturated heterocycles. The lowest BCUT2D eigenvalue weighted by molar-refractivity contribution is 0.0977. The molecule has 2 heterocycles. The average molecular weight is 381 g/mol. The van der Waals surface area contributed by atoms with Crippen molar-refractivity contribution >= 4 is 17.3 Å². The number of aliphatic hydroxyl groups excluding tert-OH is 1. The molecule has 2 rings (SSSR count). The highest BCUT2D eigenvalue weighted by molar-refractivity contribution is 7.09. The summed E-state index contributed by atoms with van der Waals surface area (Å²) >= 11 is 1.76. The third kappa shape index (κ3) is 7.51. The summed E-state index contributed by atoms with van der Waals surface area (Å²) in [6.45, 7) is 5.81. The van der Waals surface area contributed by atoms with Crippen molar-refractivity contribution in [1.82, 2.24) is 25.4 Å². The second-order valence-electron chi connectivity index (χ2n) is 5.54. The molecule has 0 atom stereocenters. The first-order valence-corrected chi connectivity index (χ1v) is 9.81. The third-order valence-corrected chi connectivity index (χ3v) is 4.58. The SMILES string of the molecule is CCc1nncn1CCNC(=NCCOCCO)NCCc1cccs1. The minimum absolute atomic E-state index is 0.0343. The predicted molar refractivity (Wildman–Crippen MR) is 104 cm³/mol. The summed E-state index contributed by atoms with van der Waals surface area (Å²) < 4.78 is 7.30. The number of thiophene rings is 1. The van der Waals surface area contributed by atoms with Crippen molar-refractivity contribution in [3.05, 3.63) is 34.5 Å². The van der Waals surface area contributed by atoms with Crippen LogP contribution in [0.5, 0.6) is 0 Å². The molecule has 0 aliphatic carbocycles. The van der Waals surface area contributed by atoms with Crippen molar-refractivity contribution in [1.29, 1.82) is 0 Å². The van der Waals surface area contributed by atoms with Gasteiger partial charge in [0.15, 0.2) is 5.96 Å². The number of guanidine groups is 1. The van der Waals surface area contributed by atoms with Gasteiger partial charge in [-0.15, -0.1) is 21.5 Å². The zero-order chi connectivity index (χ0) is 18.5. The first kappa shape index (κ1) is 20.3. The lowest BCUT2D eigenvalue weighted by atomic mass is 10.3. The smallest absolute Gasteiger partial charge is 0.191 e. The van der Waals surface area contributed by atoms with Gasteiger partial charge in [0.25, 0.3) is 0 Å². The highest BCUT2D eigenvalue weighted by Crippen LogP contribution is 2.07. The van der Waals surface area contributed by atoms with Crippen LogP contribution < -0.4 is 10.6 Å². The van der Waals surface area contributed by atoms with Crippen molar-refractivity contribution in [3.8, 4) is 0 Å². The molecule has 0 aliphatic rings. The zero-order valence-electron chi connectivity index (χ0n) is 15.2. The molecule has 0 aliphatic heterocycles. The summed E-state index contributed by atoms with van der Waals surface area (Å²) in [6.07, 6.45) is 3.58. The number of ether oxygens (including phenoxy) is 1. The number of hydrogen-bond acceptors (Lipinski definition) is 6. The van der Waals surface area contributed by atoms with E-state index in [1.165, 1.54) is 4.88 Å². The minimum atomic E-state index is 0.0343. The summed E-state index contributed by atoms with van der Waals surface area (Å²) in [5.41, 5.74) is 0. The molecule has 9 heteroatoms. The fourth-order valence-electron chi connectivity index (χ4n) is 2.36. The second kappa shape index (κ2) is 12.4. The van der Waals surface area contributed by atoms with Crippen LogP contribution in [0.4, 0.5) is 0 Å². The first-order valence-electron chi connectivity index (χ1n) is 8.93. The van der Waals surface area contributed by atoms with E-state index in [4.69, 9.17) is 9.84 Å². The summed E-state index contributed by atoms with van der Waals surface area (Å²) in [6, 6.07) is 4.20. The van der Waals surface area contributed by atoms with Crippen LogP contribution in [0.15, 0.2) is 28.8 Å². The van der Waals surface area contributed by atoms with Gasteiger partial charge in [0.05, 0.1) is 26.4 Å². The maximum Gasteiger partial charge on any atom is 0.191 e. The van der Waals surface area contributed by atoms with Crippen LogP contribution in [0, 0.1) is 0 Å². The van der Waals surface area contributed by atoms with Gasteiger partial charge in [-0.3, -0.25) is 4.99 Å². The van der Waals surface area contributed by atoms with E-state index in [1.54, 1.807) is 17.7 Å². The number of nitrogens with zero attached hydrogens (tertiary/aromatic N) is 4. The normalized spacial score (nSPS) is 11.7. The molecule has 26 heavy (non-hydrogen) atoms. The fourth-order valence-corrected chi connectivity index (χ4v) is 3.07. The van der Waals surface area contributed by atoms with Crippen molar-refractivity contribution in [2.75, 3.05) is 39.5 Å². The number of aryl methyl sites for hydroxylation is 1. The lowest BCUT2D eigenvalue weighted by Crippen LogP contribution is -2.40. The Kier molecular flexibility index (Phi) is 9.70. The van der Waals surface area contributed by atoms with Gasteiger partial charge in [-0.1, -0.05) is 13.0 Å². The lowest BCUT2D eigenvalue weighted by Gasteiger charge is -2.13. The second-order valence-corrected chi connectivity index (χ2v) is 6.58. The number of rotatable bonds is 12. The Balaban J connectivity index is 1.77. The molecular weight excluding hydrogens is 352 g/mol. The molecule has 0 spiro atoms. The monoisotopic (exact) mass is 380 g/mol. The Labute approximate surface area is 158 Å². The summed E-state index contributed by atoms with van der Waals surface area (Å²) in [7, 11) is 0. The number of hydrogen-bond donors (Lipinski definition) is 3. The van der Waals surface area contributed by atoms with Gasteiger partial charge in [0.2, 0.25) is 0 Å². The van der Waals surface area contributed by atoms with Gasteiger partial charge < -0.3 is 25.0 Å². The molecule has 3 N–H and O–H groups in total. The maximum absolute atomic E-state index is 8.73. The fraction of sp³-hybridized carbons (Fsp3) is 0.588. The van der Waals surface area contributed by atoms with Crippen molar-refractivity contribution < 1.29 is 9.84 Å². The molecule has 0 aromatic carbocycles. The van der Waals surface area contributed by atoms with E-state index >= 15 is 0 Å². The molecule has 2 aromatic heterocycles. The molecule has 8 nitrogen and oxygen atoms in total. The van der Waals surface area contributed by atoms with Crippen molar-refractivity contribution in [3.63, 3.8) is 0 Å². The molecule has 0 saturated carbocycles. The molecule has 0 radical (unpaired) electrons. The van der Waals surface area contributed by atoms with Gasteiger partial charge in [0, 0.05) is 30.9 Å². The topological polar surface area (TPSA) is 96.6 Å². The molecule has 0 amide bonds. The number of aromatic nitrogens is 3. The van der Waals surface area contributed by atoms with Crippen LogP contribution in [0.3, 0.4) is 0 Å². The van der Waals surface area contributed by atoms with Gasteiger partial charge in [-0.05, 0) is 17.9 Å². The van der Waals surface area contributed by atoms with E-state index < -0.39 is 0 Å². The molecule has 144 valence electrons. The average Bonchev–Trinajstić information content (AvgIpc) is 3.32. The number of nitrogens with one attached hydrogen (secondary N) is 2. The van der Waals surface area contributed by atoms with E-state index in [1.807, 2.05) is 4.57 Å². The maximum atomic E-state index is 8.73. The van der Waals surface area contributed by atoms with Crippen molar-refractivity contribution in [2.45, 2.75) is 26.3 Å². The van der Waals surface area contributed by atoms with E-state index in [-0.39, 0.29) is 6.61 Å². The summed E-state index contributed by atoms with van der Waals surface area (Å²) in [5, 5.41) is 25.6. The number of aliphatic imine (C=N–C) groups is 1.